The summed E-state index contributed by atoms with van der Waals surface area (Å²) in [4.78, 5) is 24.6. The average molecular weight is 560 g/mol. The molecule has 1 aliphatic carbocycles. The molecule has 1 aromatic rings. The lowest BCUT2D eigenvalue weighted by molar-refractivity contribution is -0.193. The van der Waals surface area contributed by atoms with Crippen molar-refractivity contribution in [1.29, 1.82) is 0 Å². The van der Waals surface area contributed by atoms with E-state index in [1.54, 1.807) is 6.20 Å². The Balaban J connectivity index is 0.000000301. The molecule has 216 valence electrons. The van der Waals surface area contributed by atoms with Crippen LogP contribution in [0.3, 0.4) is 0 Å². The number of carbonyl (C=O) groups is 2. The summed E-state index contributed by atoms with van der Waals surface area (Å²) in [6, 6.07) is 4.56. The number of halogens is 6. The number of nitrogens with zero attached hydrogens (tertiary/aromatic N) is 2. The van der Waals surface area contributed by atoms with Gasteiger partial charge in [-0.25, -0.2) is 9.59 Å². The zero-order chi connectivity index (χ0) is 28.3. The number of alkyl halides is 6. The maximum atomic E-state index is 10.6. The molecular formula is C23H30F6N2O7. The van der Waals surface area contributed by atoms with Crippen molar-refractivity contribution in [2.75, 3.05) is 32.9 Å². The second-order valence-electron chi connectivity index (χ2n) is 8.85. The van der Waals surface area contributed by atoms with Gasteiger partial charge in [-0.1, -0.05) is 6.07 Å². The Labute approximate surface area is 214 Å². The van der Waals surface area contributed by atoms with Crippen molar-refractivity contribution in [1.82, 2.24) is 9.88 Å². The first-order chi connectivity index (χ1) is 17.8. The minimum Gasteiger partial charge on any atom is -0.475 e. The van der Waals surface area contributed by atoms with Crippen molar-refractivity contribution in [2.45, 2.75) is 62.9 Å². The van der Waals surface area contributed by atoms with Gasteiger partial charge in [-0.2, -0.15) is 26.3 Å². The molecule has 15 heteroatoms. The summed E-state index contributed by atoms with van der Waals surface area (Å²) >= 11 is 0. The quantitative estimate of drug-likeness (QED) is 0.522. The van der Waals surface area contributed by atoms with Gasteiger partial charge < -0.3 is 24.4 Å². The largest absolute Gasteiger partial charge is 0.490 e. The molecule has 38 heavy (non-hydrogen) atoms. The van der Waals surface area contributed by atoms with Crippen LogP contribution in [-0.4, -0.2) is 95.5 Å². The summed E-state index contributed by atoms with van der Waals surface area (Å²) in [5.41, 5.74) is 1.14. The zero-order valence-corrected chi connectivity index (χ0v) is 20.3. The molecule has 3 aliphatic rings. The van der Waals surface area contributed by atoms with E-state index in [1.165, 1.54) is 25.8 Å². The molecule has 2 N–H and O–H groups in total. The number of rotatable bonds is 5. The van der Waals surface area contributed by atoms with Crippen molar-refractivity contribution in [2.24, 2.45) is 5.92 Å². The Morgan fingerprint density at radius 2 is 1.61 bits per heavy atom. The molecule has 1 saturated carbocycles. The first-order valence-corrected chi connectivity index (χ1v) is 11.8. The highest BCUT2D eigenvalue weighted by molar-refractivity contribution is 5.73. The molecule has 3 atom stereocenters. The fraction of sp³-hybridized carbons (Fsp3) is 0.696. The maximum Gasteiger partial charge on any atom is 0.490 e. The van der Waals surface area contributed by atoms with Gasteiger partial charge in [-0.15, -0.1) is 0 Å². The Bertz CT molecular complexity index is 842. The van der Waals surface area contributed by atoms with E-state index < -0.39 is 24.3 Å². The molecule has 0 radical (unpaired) electrons. The summed E-state index contributed by atoms with van der Waals surface area (Å²) in [6.45, 7) is 5.58. The number of carboxylic acid groups (broad SMARTS) is 2. The van der Waals surface area contributed by atoms with E-state index in [0.29, 0.717) is 12.6 Å². The molecule has 0 spiro atoms. The first-order valence-electron chi connectivity index (χ1n) is 11.8. The lowest BCUT2D eigenvalue weighted by Gasteiger charge is -2.41. The summed E-state index contributed by atoms with van der Waals surface area (Å²) < 4.78 is 81.3. The molecule has 2 aliphatic heterocycles. The van der Waals surface area contributed by atoms with E-state index in [0.717, 1.165) is 44.3 Å². The molecular weight excluding hydrogens is 530 g/mol. The predicted octanol–water partition coefficient (Wildman–Crippen LogP) is 3.52. The van der Waals surface area contributed by atoms with Gasteiger partial charge in [0.05, 0.1) is 25.4 Å². The number of aromatic nitrogens is 1. The van der Waals surface area contributed by atoms with E-state index in [2.05, 4.69) is 16.0 Å². The SMILES string of the molecule is O=C(O)C(F)(F)F.O=C(O)C(F)(F)F.c1cncc(CO[C@@H]2CC[C@H]3[C@H]2OCCN3CC2CCOCC2)c1. The first kappa shape index (κ1) is 31.7. The number of pyridine rings is 1. The standard InChI is InChI=1S/C19H28N2O3.2C2HF3O2/c1-2-16(12-20-7-1)14-24-18-4-3-17-19(18)23-11-8-21(17)13-15-5-9-22-10-6-15;2*3-2(4,5)1(6)7/h1-2,7,12,15,17-19H,3-6,8-11,13-14H2;2*(H,6,7)/t17-,18+,19+;;/m0../s1. The predicted molar refractivity (Wildman–Crippen MR) is 118 cm³/mol. The van der Waals surface area contributed by atoms with Gasteiger partial charge in [0.2, 0.25) is 0 Å². The van der Waals surface area contributed by atoms with E-state index in [4.69, 9.17) is 34.0 Å². The molecule has 9 nitrogen and oxygen atoms in total. The highest BCUT2D eigenvalue weighted by Gasteiger charge is 2.44. The molecule has 0 unspecified atom stereocenters. The fourth-order valence-corrected chi connectivity index (χ4v) is 4.34. The highest BCUT2D eigenvalue weighted by Crippen LogP contribution is 2.33. The van der Waals surface area contributed by atoms with Gasteiger partial charge in [-0.05, 0) is 43.2 Å². The molecule has 0 aromatic carbocycles. The van der Waals surface area contributed by atoms with Crippen LogP contribution in [0.4, 0.5) is 26.3 Å². The lowest BCUT2D eigenvalue weighted by Crippen LogP contribution is -2.53. The molecule has 4 rings (SSSR count). The Hall–Kier alpha value is -2.49. The topological polar surface area (TPSA) is 118 Å². The zero-order valence-electron chi connectivity index (χ0n) is 20.3. The van der Waals surface area contributed by atoms with Crippen LogP contribution in [0.15, 0.2) is 24.5 Å². The summed E-state index contributed by atoms with van der Waals surface area (Å²) in [7, 11) is 0. The highest BCUT2D eigenvalue weighted by atomic mass is 19.4. The van der Waals surface area contributed by atoms with Gasteiger partial charge in [-0.3, -0.25) is 9.88 Å². The normalized spacial score (nSPS) is 24.3. The third kappa shape index (κ3) is 10.7. The second kappa shape index (κ2) is 14.6. The van der Waals surface area contributed by atoms with Crippen molar-refractivity contribution in [3.05, 3.63) is 30.1 Å². The number of hydrogen-bond acceptors (Lipinski definition) is 7. The van der Waals surface area contributed by atoms with Crippen LogP contribution in [0.2, 0.25) is 0 Å². The van der Waals surface area contributed by atoms with Gasteiger partial charge in [0.15, 0.2) is 0 Å². The Morgan fingerprint density at radius 3 is 2.13 bits per heavy atom. The monoisotopic (exact) mass is 560 g/mol. The molecule has 0 bridgehead atoms. The minimum absolute atomic E-state index is 0.215. The van der Waals surface area contributed by atoms with Crippen LogP contribution >= 0.6 is 0 Å². The van der Waals surface area contributed by atoms with Gasteiger partial charge in [0, 0.05) is 44.7 Å². The summed E-state index contributed by atoms with van der Waals surface area (Å²) in [5.74, 6) is -4.73. The van der Waals surface area contributed by atoms with Crippen molar-refractivity contribution >= 4 is 11.9 Å². The van der Waals surface area contributed by atoms with Gasteiger partial charge in [0.1, 0.15) is 0 Å². The van der Waals surface area contributed by atoms with Crippen molar-refractivity contribution < 1.29 is 60.4 Å². The fourth-order valence-electron chi connectivity index (χ4n) is 4.34. The summed E-state index contributed by atoms with van der Waals surface area (Å²) in [5, 5.41) is 14.2. The molecule has 1 aromatic heterocycles. The van der Waals surface area contributed by atoms with Crippen LogP contribution < -0.4 is 0 Å². The molecule has 3 fully saturated rings. The minimum atomic E-state index is -5.08. The maximum absolute atomic E-state index is 10.6. The third-order valence-electron chi connectivity index (χ3n) is 6.16. The third-order valence-corrected chi connectivity index (χ3v) is 6.16. The number of carboxylic acids is 2. The van der Waals surface area contributed by atoms with E-state index in [9.17, 15) is 26.3 Å². The Kier molecular flexibility index (Phi) is 12.2. The van der Waals surface area contributed by atoms with Crippen LogP contribution in [0, 0.1) is 5.92 Å². The van der Waals surface area contributed by atoms with E-state index in [-0.39, 0.29) is 12.2 Å². The van der Waals surface area contributed by atoms with E-state index in [1.807, 2.05) is 12.3 Å². The van der Waals surface area contributed by atoms with Crippen molar-refractivity contribution in [3.8, 4) is 0 Å². The number of fused-ring (bicyclic) bond motifs is 1. The van der Waals surface area contributed by atoms with Crippen LogP contribution in [0.5, 0.6) is 0 Å². The van der Waals surface area contributed by atoms with Crippen molar-refractivity contribution in [3.63, 3.8) is 0 Å². The molecule has 2 saturated heterocycles. The number of aliphatic carboxylic acids is 2. The van der Waals surface area contributed by atoms with Gasteiger partial charge >= 0.3 is 24.3 Å². The summed E-state index contributed by atoms with van der Waals surface area (Å²) in [6.07, 6.45) is -1.35. The average Bonchev–Trinajstić information content (AvgIpc) is 3.28. The van der Waals surface area contributed by atoms with Crippen LogP contribution in [0.25, 0.3) is 0 Å². The van der Waals surface area contributed by atoms with E-state index >= 15 is 0 Å². The molecule has 3 heterocycles. The Morgan fingerprint density at radius 1 is 1.00 bits per heavy atom. The number of ether oxygens (including phenoxy) is 3. The number of hydrogen-bond donors (Lipinski definition) is 2. The lowest BCUT2D eigenvalue weighted by atomic mass is 9.98. The molecule has 0 amide bonds. The van der Waals surface area contributed by atoms with Gasteiger partial charge in [0.25, 0.3) is 0 Å². The van der Waals surface area contributed by atoms with Crippen LogP contribution in [0.1, 0.15) is 31.2 Å². The smallest absolute Gasteiger partial charge is 0.475 e. The number of morpholine rings is 1. The second-order valence-corrected chi connectivity index (χ2v) is 8.85. The van der Waals surface area contributed by atoms with Crippen LogP contribution in [-0.2, 0) is 30.4 Å².